The van der Waals surface area contributed by atoms with Gasteiger partial charge in [-0.3, -0.25) is 4.99 Å². The number of halogens is 3. The van der Waals surface area contributed by atoms with Crippen LogP contribution >= 0.6 is 24.0 Å². The third kappa shape index (κ3) is 4.37. The SMILES string of the molecule is CN(C)C(CN=C(N)N)c1c(F)cccc1F.I. The summed E-state index contributed by atoms with van der Waals surface area (Å²) in [6.07, 6.45) is 0. The highest BCUT2D eigenvalue weighted by atomic mass is 127. The molecule has 4 N–H and O–H groups in total. The van der Waals surface area contributed by atoms with E-state index in [9.17, 15) is 8.78 Å². The van der Waals surface area contributed by atoms with E-state index in [0.717, 1.165) is 0 Å². The van der Waals surface area contributed by atoms with Gasteiger partial charge in [0.2, 0.25) is 0 Å². The highest BCUT2D eigenvalue weighted by molar-refractivity contribution is 14.0. The first-order valence-corrected chi connectivity index (χ1v) is 5.09. The summed E-state index contributed by atoms with van der Waals surface area (Å²) in [5.74, 6) is -1.31. The van der Waals surface area contributed by atoms with E-state index in [-0.39, 0.29) is 42.0 Å². The van der Waals surface area contributed by atoms with Crippen molar-refractivity contribution < 1.29 is 8.78 Å². The highest BCUT2D eigenvalue weighted by Crippen LogP contribution is 2.24. The maximum absolute atomic E-state index is 13.6. The van der Waals surface area contributed by atoms with Gasteiger partial charge in [-0.15, -0.1) is 24.0 Å². The van der Waals surface area contributed by atoms with Crippen molar-refractivity contribution in [1.82, 2.24) is 4.90 Å². The largest absolute Gasteiger partial charge is 0.370 e. The normalized spacial score (nSPS) is 11.8. The van der Waals surface area contributed by atoms with Crippen LogP contribution in [0.1, 0.15) is 11.6 Å². The topological polar surface area (TPSA) is 67.6 Å². The molecule has 0 aliphatic heterocycles. The van der Waals surface area contributed by atoms with Crippen molar-refractivity contribution in [2.75, 3.05) is 20.6 Å². The van der Waals surface area contributed by atoms with Gasteiger partial charge in [-0.25, -0.2) is 8.78 Å². The molecule has 7 heteroatoms. The first-order valence-electron chi connectivity index (χ1n) is 5.09. The summed E-state index contributed by atoms with van der Waals surface area (Å²) >= 11 is 0. The summed E-state index contributed by atoms with van der Waals surface area (Å²) in [7, 11) is 3.41. The molecule has 0 aliphatic rings. The Morgan fingerprint density at radius 3 is 2.17 bits per heavy atom. The standard InChI is InChI=1S/C11H16F2N4.HI/c1-17(2)9(6-16-11(14)15)10-7(12)4-3-5-8(10)13;/h3-5,9H,6H2,1-2H3,(H4,14,15,16);1H. The Morgan fingerprint density at radius 2 is 1.78 bits per heavy atom. The number of aliphatic imine (C=N–C) groups is 1. The molecule has 0 spiro atoms. The van der Waals surface area contributed by atoms with Gasteiger partial charge in [0.1, 0.15) is 11.6 Å². The van der Waals surface area contributed by atoms with Crippen LogP contribution < -0.4 is 11.5 Å². The lowest BCUT2D eigenvalue weighted by atomic mass is 10.0. The number of hydrogen-bond donors (Lipinski definition) is 2. The molecule has 0 radical (unpaired) electrons. The number of likely N-dealkylation sites (N-methyl/N-ethyl adjacent to an activating group) is 1. The number of benzene rings is 1. The Balaban J connectivity index is 0.00000289. The van der Waals surface area contributed by atoms with Gasteiger partial charge in [-0.1, -0.05) is 6.07 Å². The Labute approximate surface area is 122 Å². The molecule has 0 bridgehead atoms. The molecule has 0 heterocycles. The highest BCUT2D eigenvalue weighted by Gasteiger charge is 2.21. The van der Waals surface area contributed by atoms with E-state index in [0.29, 0.717) is 0 Å². The second kappa shape index (κ2) is 7.47. The molecule has 0 amide bonds. The van der Waals surface area contributed by atoms with Crippen molar-refractivity contribution in [3.8, 4) is 0 Å². The lowest BCUT2D eigenvalue weighted by Crippen LogP contribution is -2.28. The minimum absolute atomic E-state index is 0. The van der Waals surface area contributed by atoms with Gasteiger partial charge in [0, 0.05) is 5.56 Å². The maximum atomic E-state index is 13.6. The van der Waals surface area contributed by atoms with Gasteiger partial charge in [-0.2, -0.15) is 0 Å². The molecular weight excluding hydrogens is 353 g/mol. The molecule has 18 heavy (non-hydrogen) atoms. The van der Waals surface area contributed by atoms with Gasteiger partial charge < -0.3 is 16.4 Å². The average molecular weight is 370 g/mol. The Kier molecular flexibility index (Phi) is 7.07. The number of rotatable bonds is 4. The van der Waals surface area contributed by atoms with E-state index in [2.05, 4.69) is 4.99 Å². The molecule has 0 aromatic heterocycles. The monoisotopic (exact) mass is 370 g/mol. The first-order chi connectivity index (χ1) is 7.93. The summed E-state index contributed by atoms with van der Waals surface area (Å²) in [5.41, 5.74) is 10.4. The predicted molar refractivity (Wildman–Crippen MR) is 78.9 cm³/mol. The van der Waals surface area contributed by atoms with Gasteiger partial charge in [0.15, 0.2) is 5.96 Å². The number of hydrogen-bond acceptors (Lipinski definition) is 2. The maximum Gasteiger partial charge on any atom is 0.185 e. The molecule has 1 aromatic rings. The van der Waals surface area contributed by atoms with Gasteiger partial charge in [-0.05, 0) is 26.2 Å². The summed E-state index contributed by atoms with van der Waals surface area (Å²) in [6, 6.07) is 3.20. The van der Waals surface area contributed by atoms with Crippen molar-refractivity contribution in [1.29, 1.82) is 0 Å². The van der Waals surface area contributed by atoms with Crippen LogP contribution in [0.2, 0.25) is 0 Å². The zero-order valence-corrected chi connectivity index (χ0v) is 12.6. The lowest BCUT2D eigenvalue weighted by Gasteiger charge is -2.23. The van der Waals surface area contributed by atoms with E-state index >= 15 is 0 Å². The molecule has 0 aliphatic carbocycles. The number of nitrogens with zero attached hydrogens (tertiary/aromatic N) is 2. The predicted octanol–water partition coefficient (Wildman–Crippen LogP) is 1.46. The first kappa shape index (κ1) is 17.0. The minimum atomic E-state index is -0.602. The number of guanidine groups is 1. The van der Waals surface area contributed by atoms with E-state index in [1.54, 1.807) is 19.0 Å². The summed E-state index contributed by atoms with van der Waals surface area (Å²) in [6.45, 7) is 0.104. The van der Waals surface area contributed by atoms with Crippen molar-refractivity contribution in [3.63, 3.8) is 0 Å². The Bertz CT molecular complexity index is 399. The fourth-order valence-electron chi connectivity index (χ4n) is 1.53. The molecule has 102 valence electrons. The van der Waals surface area contributed by atoms with Crippen LogP contribution in [0, 0.1) is 11.6 Å². The van der Waals surface area contributed by atoms with Crippen LogP contribution in [0.3, 0.4) is 0 Å². The van der Waals surface area contributed by atoms with Crippen LogP contribution in [0.5, 0.6) is 0 Å². The zero-order valence-electron chi connectivity index (χ0n) is 10.2. The molecule has 1 atom stereocenters. The smallest absolute Gasteiger partial charge is 0.185 e. The molecule has 0 saturated heterocycles. The average Bonchev–Trinajstić information content (AvgIpc) is 2.21. The van der Waals surface area contributed by atoms with Crippen molar-refractivity contribution in [3.05, 3.63) is 35.4 Å². The quantitative estimate of drug-likeness (QED) is 0.479. The molecule has 1 aromatic carbocycles. The van der Waals surface area contributed by atoms with Crippen molar-refractivity contribution in [2.45, 2.75) is 6.04 Å². The van der Waals surface area contributed by atoms with Gasteiger partial charge in [0.05, 0.1) is 12.6 Å². The summed E-state index contributed by atoms with van der Waals surface area (Å²) < 4.78 is 27.2. The van der Waals surface area contributed by atoms with E-state index in [1.807, 2.05) is 0 Å². The van der Waals surface area contributed by atoms with Crippen molar-refractivity contribution >= 4 is 29.9 Å². The summed E-state index contributed by atoms with van der Waals surface area (Å²) in [4.78, 5) is 5.46. The molecular formula is C11H17F2IN4. The van der Waals surface area contributed by atoms with Crippen LogP contribution in [-0.4, -0.2) is 31.5 Å². The van der Waals surface area contributed by atoms with Gasteiger partial charge in [0.25, 0.3) is 0 Å². The van der Waals surface area contributed by atoms with Gasteiger partial charge >= 0.3 is 0 Å². The van der Waals surface area contributed by atoms with Crippen LogP contribution in [0.15, 0.2) is 23.2 Å². The van der Waals surface area contributed by atoms with E-state index in [4.69, 9.17) is 11.5 Å². The van der Waals surface area contributed by atoms with Crippen LogP contribution in [0.4, 0.5) is 8.78 Å². The molecule has 0 saturated carbocycles. The van der Waals surface area contributed by atoms with Crippen molar-refractivity contribution in [2.24, 2.45) is 16.5 Å². The third-order valence-electron chi connectivity index (χ3n) is 2.40. The van der Waals surface area contributed by atoms with E-state index in [1.165, 1.54) is 18.2 Å². The second-order valence-electron chi connectivity index (χ2n) is 3.88. The lowest BCUT2D eigenvalue weighted by molar-refractivity contribution is 0.290. The molecule has 0 fully saturated rings. The Morgan fingerprint density at radius 1 is 1.28 bits per heavy atom. The van der Waals surface area contributed by atoms with Crippen LogP contribution in [0.25, 0.3) is 0 Å². The zero-order chi connectivity index (χ0) is 13.0. The molecule has 1 rings (SSSR count). The summed E-state index contributed by atoms with van der Waals surface area (Å²) in [5, 5.41) is 0. The van der Waals surface area contributed by atoms with Crippen LogP contribution in [-0.2, 0) is 0 Å². The molecule has 4 nitrogen and oxygen atoms in total. The Hall–Kier alpha value is -0.960. The molecule has 1 unspecified atom stereocenters. The minimum Gasteiger partial charge on any atom is -0.370 e. The number of nitrogens with two attached hydrogens (primary N) is 2. The fourth-order valence-corrected chi connectivity index (χ4v) is 1.53. The second-order valence-corrected chi connectivity index (χ2v) is 3.88. The fraction of sp³-hybridized carbons (Fsp3) is 0.364. The van der Waals surface area contributed by atoms with E-state index < -0.39 is 17.7 Å². The third-order valence-corrected chi connectivity index (χ3v) is 2.40.